The molecule has 1 aliphatic rings. The molecule has 2 unspecified atom stereocenters. The van der Waals surface area contributed by atoms with Crippen LogP contribution in [-0.2, 0) is 30.9 Å². The number of esters is 1. The van der Waals surface area contributed by atoms with E-state index in [9.17, 15) is 18.0 Å². The van der Waals surface area contributed by atoms with Crippen LogP contribution in [0.3, 0.4) is 0 Å². The van der Waals surface area contributed by atoms with E-state index < -0.39 is 39.6 Å². The Kier molecular flexibility index (Phi) is 11.3. The first-order valence-electron chi connectivity index (χ1n) is 14.7. The normalized spacial score (nSPS) is 17.9. The number of amides is 1. The lowest BCUT2D eigenvalue weighted by molar-refractivity contribution is -0.155. The number of carbonyl (C=O) groups is 2. The zero-order valence-corrected chi connectivity index (χ0v) is 27.5. The first kappa shape index (κ1) is 34.3. The summed E-state index contributed by atoms with van der Waals surface area (Å²) in [4.78, 5) is 27.1. The lowest BCUT2D eigenvalue weighted by Crippen LogP contribution is -2.59. The molecule has 1 aliphatic heterocycles. The van der Waals surface area contributed by atoms with Crippen molar-refractivity contribution in [3.05, 3.63) is 54.1 Å². The minimum atomic E-state index is -3.73. The van der Waals surface area contributed by atoms with Crippen molar-refractivity contribution in [1.29, 1.82) is 0 Å². The van der Waals surface area contributed by atoms with E-state index in [1.165, 1.54) is 14.1 Å². The van der Waals surface area contributed by atoms with Gasteiger partial charge in [-0.15, -0.1) is 0 Å². The molecule has 238 valence electrons. The lowest BCUT2D eigenvalue weighted by atomic mass is 9.90. The standard InChI is InChI=1S/C32H47N3O7S/c1-31(2,3)41-29(36)18-20-40-28-17-10-9-15-25(28)24-14-11-13-23(21-24)22-27-26(33-43(38,39)34(7)8)16-12-19-35(27)30(37)42-32(4,5)6/h9-11,13-15,17,21,26-27,33H,12,16,18-20,22H2,1-8H3. The van der Waals surface area contributed by atoms with Crippen molar-refractivity contribution < 1.29 is 32.2 Å². The van der Waals surface area contributed by atoms with Gasteiger partial charge in [0.15, 0.2) is 0 Å². The van der Waals surface area contributed by atoms with E-state index in [4.69, 9.17) is 14.2 Å². The van der Waals surface area contributed by atoms with Crippen molar-refractivity contribution in [3.63, 3.8) is 0 Å². The maximum absolute atomic E-state index is 13.3. The fraction of sp³-hybridized carbons (Fsp3) is 0.562. The predicted molar refractivity (Wildman–Crippen MR) is 167 cm³/mol. The Morgan fingerprint density at radius 3 is 2.30 bits per heavy atom. The van der Waals surface area contributed by atoms with Gasteiger partial charge >= 0.3 is 12.1 Å². The molecule has 0 radical (unpaired) electrons. The topological polar surface area (TPSA) is 114 Å². The van der Waals surface area contributed by atoms with Gasteiger partial charge in [0.2, 0.25) is 0 Å². The molecule has 43 heavy (non-hydrogen) atoms. The molecule has 11 heteroatoms. The molecule has 0 bridgehead atoms. The van der Waals surface area contributed by atoms with Crippen LogP contribution in [0.2, 0.25) is 0 Å². The summed E-state index contributed by atoms with van der Waals surface area (Å²) in [5, 5.41) is 0. The molecule has 1 heterocycles. The van der Waals surface area contributed by atoms with Crippen LogP contribution in [0.25, 0.3) is 11.1 Å². The summed E-state index contributed by atoms with van der Waals surface area (Å²) >= 11 is 0. The van der Waals surface area contributed by atoms with E-state index in [0.717, 1.165) is 21.0 Å². The number of nitrogens with zero attached hydrogens (tertiary/aromatic N) is 2. The van der Waals surface area contributed by atoms with E-state index >= 15 is 0 Å². The van der Waals surface area contributed by atoms with Crippen LogP contribution in [0, 0.1) is 0 Å². The van der Waals surface area contributed by atoms with E-state index in [0.29, 0.717) is 31.6 Å². The number of para-hydroxylation sites is 1. The van der Waals surface area contributed by atoms with Crippen molar-refractivity contribution in [2.75, 3.05) is 27.2 Å². The summed E-state index contributed by atoms with van der Waals surface area (Å²) in [7, 11) is -0.785. The fourth-order valence-corrected chi connectivity index (χ4v) is 5.73. The molecule has 2 atom stereocenters. The number of nitrogens with one attached hydrogen (secondary N) is 1. The molecule has 10 nitrogen and oxygen atoms in total. The monoisotopic (exact) mass is 617 g/mol. The summed E-state index contributed by atoms with van der Waals surface area (Å²) in [6, 6.07) is 14.5. The number of rotatable bonds is 10. The zero-order chi connectivity index (χ0) is 32.0. The molecule has 0 aliphatic carbocycles. The minimum Gasteiger partial charge on any atom is -0.492 e. The highest BCUT2D eigenvalue weighted by Gasteiger charge is 2.38. The highest BCUT2D eigenvalue weighted by Crippen LogP contribution is 2.32. The van der Waals surface area contributed by atoms with Crippen LogP contribution in [0.5, 0.6) is 5.75 Å². The van der Waals surface area contributed by atoms with Gasteiger partial charge in [-0.25, -0.2) is 4.79 Å². The summed E-state index contributed by atoms with van der Waals surface area (Å²) in [5.41, 5.74) is 1.43. The van der Waals surface area contributed by atoms with Gasteiger partial charge in [-0.1, -0.05) is 42.5 Å². The Morgan fingerprint density at radius 2 is 1.65 bits per heavy atom. The average molecular weight is 618 g/mol. The quantitative estimate of drug-likeness (QED) is 0.366. The third kappa shape index (κ3) is 10.5. The van der Waals surface area contributed by atoms with Gasteiger partial charge in [0.25, 0.3) is 10.2 Å². The van der Waals surface area contributed by atoms with Crippen LogP contribution in [0.1, 0.15) is 66.4 Å². The van der Waals surface area contributed by atoms with Crippen molar-refractivity contribution in [3.8, 4) is 16.9 Å². The molecule has 1 saturated heterocycles. The van der Waals surface area contributed by atoms with E-state index in [1.807, 2.05) is 90.1 Å². The molecule has 0 saturated carbocycles. The number of hydrogen-bond donors (Lipinski definition) is 1. The number of likely N-dealkylation sites (tertiary alicyclic amines) is 1. The summed E-state index contributed by atoms with van der Waals surface area (Å²) in [5.74, 6) is 0.307. The highest BCUT2D eigenvalue weighted by molar-refractivity contribution is 7.87. The number of ether oxygens (including phenoxy) is 3. The van der Waals surface area contributed by atoms with Gasteiger partial charge in [-0.2, -0.15) is 17.4 Å². The van der Waals surface area contributed by atoms with Crippen molar-refractivity contribution in [1.82, 2.24) is 13.9 Å². The Morgan fingerprint density at radius 1 is 0.977 bits per heavy atom. The molecular weight excluding hydrogens is 570 g/mol. The number of carbonyl (C=O) groups excluding carboxylic acids is 2. The smallest absolute Gasteiger partial charge is 0.410 e. The van der Waals surface area contributed by atoms with Gasteiger partial charge in [0, 0.05) is 32.2 Å². The second-order valence-corrected chi connectivity index (χ2v) is 14.9. The third-order valence-corrected chi connectivity index (χ3v) is 8.30. The lowest BCUT2D eigenvalue weighted by Gasteiger charge is -2.42. The SMILES string of the molecule is CN(C)S(=O)(=O)NC1CCCN(C(=O)OC(C)(C)C)C1Cc1cccc(-c2ccccc2OCCC(=O)OC(C)(C)C)c1. The Labute approximate surface area is 256 Å². The van der Waals surface area contributed by atoms with Crippen molar-refractivity contribution >= 4 is 22.3 Å². The Bertz CT molecular complexity index is 1360. The van der Waals surface area contributed by atoms with Gasteiger partial charge in [0.05, 0.1) is 19.1 Å². The molecular formula is C32H47N3O7S. The molecule has 0 spiro atoms. The second-order valence-electron chi connectivity index (χ2n) is 13.0. The second kappa shape index (κ2) is 14.1. The van der Waals surface area contributed by atoms with Crippen LogP contribution >= 0.6 is 0 Å². The van der Waals surface area contributed by atoms with Gasteiger partial charge in [0.1, 0.15) is 17.0 Å². The maximum Gasteiger partial charge on any atom is 0.410 e. The maximum atomic E-state index is 13.3. The van der Waals surface area contributed by atoms with E-state index in [1.54, 1.807) is 4.90 Å². The molecule has 3 rings (SSSR count). The Hall–Kier alpha value is -3.15. The number of benzene rings is 2. The molecule has 1 fully saturated rings. The third-order valence-electron chi connectivity index (χ3n) is 6.74. The molecule has 2 aromatic rings. The number of piperidine rings is 1. The van der Waals surface area contributed by atoms with Crippen LogP contribution < -0.4 is 9.46 Å². The van der Waals surface area contributed by atoms with Crippen LogP contribution in [0.4, 0.5) is 4.79 Å². The van der Waals surface area contributed by atoms with Gasteiger partial charge < -0.3 is 19.1 Å². The minimum absolute atomic E-state index is 0.123. The summed E-state index contributed by atoms with van der Waals surface area (Å²) in [6.45, 7) is 11.6. The predicted octanol–water partition coefficient (Wildman–Crippen LogP) is 5.17. The first-order valence-corrected chi connectivity index (χ1v) is 16.1. The van der Waals surface area contributed by atoms with Gasteiger partial charge in [-0.3, -0.25) is 4.79 Å². The molecule has 2 aromatic carbocycles. The zero-order valence-electron chi connectivity index (χ0n) is 26.7. The number of hydrogen-bond acceptors (Lipinski definition) is 7. The van der Waals surface area contributed by atoms with E-state index in [2.05, 4.69) is 4.72 Å². The highest BCUT2D eigenvalue weighted by atomic mass is 32.2. The van der Waals surface area contributed by atoms with Crippen LogP contribution in [-0.4, -0.2) is 80.2 Å². The van der Waals surface area contributed by atoms with Crippen molar-refractivity contribution in [2.24, 2.45) is 0 Å². The first-order chi connectivity index (χ1) is 19.9. The van der Waals surface area contributed by atoms with Crippen molar-refractivity contribution in [2.45, 2.75) is 90.5 Å². The fourth-order valence-electron chi connectivity index (χ4n) is 4.87. The molecule has 1 amide bonds. The molecule has 1 N–H and O–H groups in total. The summed E-state index contributed by atoms with van der Waals surface area (Å²) < 4.78 is 46.7. The average Bonchev–Trinajstić information content (AvgIpc) is 2.88. The summed E-state index contributed by atoms with van der Waals surface area (Å²) in [6.07, 6.45) is 1.30. The van der Waals surface area contributed by atoms with Crippen LogP contribution in [0.15, 0.2) is 48.5 Å². The molecule has 0 aromatic heterocycles. The van der Waals surface area contributed by atoms with Gasteiger partial charge in [-0.05, 0) is 78.0 Å². The van der Waals surface area contributed by atoms with E-state index in [-0.39, 0.29) is 19.0 Å². The largest absolute Gasteiger partial charge is 0.492 e. The Balaban J connectivity index is 1.86.